The summed E-state index contributed by atoms with van der Waals surface area (Å²) in [6.45, 7) is 6.53. The zero-order valence-corrected chi connectivity index (χ0v) is 15.0. The lowest BCUT2D eigenvalue weighted by Crippen LogP contribution is -2.48. The second-order valence-corrected chi connectivity index (χ2v) is 7.20. The van der Waals surface area contributed by atoms with E-state index in [0.717, 1.165) is 54.6 Å². The van der Waals surface area contributed by atoms with Crippen LogP contribution >= 0.6 is 0 Å². The number of carbonyl (C=O) groups excluding carboxylic acids is 1. The topological polar surface area (TPSA) is 71.6 Å². The molecule has 2 aliphatic rings. The smallest absolute Gasteiger partial charge is 0.227 e. The number of rotatable bonds is 3. The fourth-order valence-electron chi connectivity index (χ4n) is 3.82. The third-order valence-electron chi connectivity index (χ3n) is 5.19. The molecule has 8 heteroatoms. The zero-order valence-electron chi connectivity index (χ0n) is 15.0. The molecular weight excluding hydrogens is 330 g/mol. The lowest BCUT2D eigenvalue weighted by atomic mass is 10.1. The fourth-order valence-corrected chi connectivity index (χ4v) is 3.82. The molecule has 0 radical (unpaired) electrons. The summed E-state index contributed by atoms with van der Waals surface area (Å²) in [6.07, 6.45) is 5.37. The van der Waals surface area contributed by atoms with Crippen molar-refractivity contribution in [3.63, 3.8) is 0 Å². The summed E-state index contributed by atoms with van der Waals surface area (Å²) in [5.41, 5.74) is 3.75. The standard InChI is InChI=1S/C18H21N7O/c1-12-7-17(25-16(20-12)6-13(2)21-25)22-9-15(10-22)24-11-14(8-19-24)23-5-3-4-18(23)26/h6-8,11,15H,3-5,9-10H2,1-2H3. The van der Waals surface area contributed by atoms with Crippen molar-refractivity contribution in [1.82, 2.24) is 24.4 Å². The number of carbonyl (C=O) groups is 1. The summed E-state index contributed by atoms with van der Waals surface area (Å²) in [5, 5.41) is 9.06. The summed E-state index contributed by atoms with van der Waals surface area (Å²) in [5.74, 6) is 1.27. The molecule has 3 aromatic heterocycles. The van der Waals surface area contributed by atoms with Crippen LogP contribution in [0.5, 0.6) is 0 Å². The minimum Gasteiger partial charge on any atom is -0.352 e. The van der Waals surface area contributed by atoms with E-state index in [2.05, 4.69) is 26.1 Å². The molecule has 5 heterocycles. The van der Waals surface area contributed by atoms with E-state index < -0.39 is 0 Å². The first-order valence-corrected chi connectivity index (χ1v) is 9.02. The molecule has 2 saturated heterocycles. The largest absolute Gasteiger partial charge is 0.352 e. The summed E-state index contributed by atoms with van der Waals surface area (Å²) in [6, 6.07) is 4.38. The van der Waals surface area contributed by atoms with Crippen molar-refractivity contribution >= 4 is 23.1 Å². The van der Waals surface area contributed by atoms with Crippen LogP contribution in [0.2, 0.25) is 0 Å². The van der Waals surface area contributed by atoms with Crippen molar-refractivity contribution in [2.75, 3.05) is 29.4 Å². The molecule has 2 aliphatic heterocycles. The molecule has 2 fully saturated rings. The van der Waals surface area contributed by atoms with Gasteiger partial charge in [-0.3, -0.25) is 9.48 Å². The molecule has 1 amide bonds. The van der Waals surface area contributed by atoms with Gasteiger partial charge in [0.15, 0.2) is 5.65 Å². The average Bonchev–Trinajstić information content (AvgIpc) is 3.25. The van der Waals surface area contributed by atoms with Gasteiger partial charge in [-0.15, -0.1) is 0 Å². The number of anilines is 2. The molecular formula is C18H21N7O. The highest BCUT2D eigenvalue weighted by molar-refractivity contribution is 5.95. The maximum absolute atomic E-state index is 11.9. The average molecular weight is 351 g/mol. The molecule has 8 nitrogen and oxygen atoms in total. The molecule has 0 aromatic carbocycles. The second-order valence-electron chi connectivity index (χ2n) is 7.20. The van der Waals surface area contributed by atoms with Crippen LogP contribution in [0.3, 0.4) is 0 Å². The quantitative estimate of drug-likeness (QED) is 0.719. The molecule has 0 saturated carbocycles. The number of hydrogen-bond donors (Lipinski definition) is 0. The molecule has 0 unspecified atom stereocenters. The van der Waals surface area contributed by atoms with E-state index in [-0.39, 0.29) is 5.91 Å². The van der Waals surface area contributed by atoms with Crippen LogP contribution in [0.4, 0.5) is 11.5 Å². The van der Waals surface area contributed by atoms with Gasteiger partial charge in [-0.2, -0.15) is 14.7 Å². The number of aromatic nitrogens is 5. The molecule has 0 aliphatic carbocycles. The van der Waals surface area contributed by atoms with Crippen molar-refractivity contribution in [2.24, 2.45) is 0 Å². The van der Waals surface area contributed by atoms with E-state index in [1.807, 2.05) is 40.2 Å². The lowest BCUT2D eigenvalue weighted by Gasteiger charge is -2.40. The molecule has 26 heavy (non-hydrogen) atoms. The Morgan fingerprint density at radius 2 is 2.00 bits per heavy atom. The number of hydrogen-bond acceptors (Lipinski definition) is 5. The summed E-state index contributed by atoms with van der Waals surface area (Å²) in [4.78, 5) is 20.6. The predicted octanol–water partition coefficient (Wildman–Crippen LogP) is 1.73. The fraction of sp³-hybridized carbons (Fsp3) is 0.444. The minimum absolute atomic E-state index is 0.198. The Labute approximate surface area is 151 Å². The summed E-state index contributed by atoms with van der Waals surface area (Å²) < 4.78 is 3.90. The maximum atomic E-state index is 11.9. The lowest BCUT2D eigenvalue weighted by molar-refractivity contribution is -0.117. The van der Waals surface area contributed by atoms with Crippen molar-refractivity contribution in [2.45, 2.75) is 32.7 Å². The van der Waals surface area contributed by atoms with Gasteiger partial charge in [-0.25, -0.2) is 4.98 Å². The monoisotopic (exact) mass is 351 g/mol. The highest BCUT2D eigenvalue weighted by Gasteiger charge is 2.32. The van der Waals surface area contributed by atoms with Gasteiger partial charge in [0.1, 0.15) is 5.82 Å². The van der Waals surface area contributed by atoms with Crippen LogP contribution in [0.15, 0.2) is 24.5 Å². The first-order chi connectivity index (χ1) is 12.6. The molecule has 0 spiro atoms. The van der Waals surface area contributed by atoms with Gasteiger partial charge in [0, 0.05) is 50.1 Å². The Morgan fingerprint density at radius 3 is 2.77 bits per heavy atom. The van der Waals surface area contributed by atoms with Crippen LogP contribution in [0, 0.1) is 13.8 Å². The van der Waals surface area contributed by atoms with Gasteiger partial charge in [-0.05, 0) is 20.3 Å². The first kappa shape index (κ1) is 15.4. The highest BCUT2D eigenvalue weighted by atomic mass is 16.2. The van der Waals surface area contributed by atoms with Gasteiger partial charge in [0.2, 0.25) is 5.91 Å². The summed E-state index contributed by atoms with van der Waals surface area (Å²) >= 11 is 0. The van der Waals surface area contributed by atoms with Gasteiger partial charge < -0.3 is 9.80 Å². The maximum Gasteiger partial charge on any atom is 0.227 e. The van der Waals surface area contributed by atoms with E-state index >= 15 is 0 Å². The van der Waals surface area contributed by atoms with Crippen LogP contribution in [-0.4, -0.2) is 49.9 Å². The molecule has 3 aromatic rings. The van der Waals surface area contributed by atoms with Gasteiger partial charge in [-0.1, -0.05) is 0 Å². The van der Waals surface area contributed by atoms with Crippen molar-refractivity contribution in [3.8, 4) is 0 Å². The highest BCUT2D eigenvalue weighted by Crippen LogP contribution is 2.30. The van der Waals surface area contributed by atoms with Crippen LogP contribution < -0.4 is 9.80 Å². The van der Waals surface area contributed by atoms with Crippen LogP contribution in [0.25, 0.3) is 5.65 Å². The van der Waals surface area contributed by atoms with Crippen LogP contribution in [-0.2, 0) is 4.79 Å². The zero-order chi connectivity index (χ0) is 17.8. The molecule has 0 bridgehead atoms. The predicted molar refractivity (Wildman–Crippen MR) is 97.5 cm³/mol. The molecule has 0 atom stereocenters. The number of aryl methyl sites for hydroxylation is 2. The Morgan fingerprint density at radius 1 is 1.15 bits per heavy atom. The third kappa shape index (κ3) is 2.36. The van der Waals surface area contributed by atoms with Gasteiger partial charge in [0.25, 0.3) is 0 Å². The van der Waals surface area contributed by atoms with E-state index in [1.165, 1.54) is 0 Å². The summed E-state index contributed by atoms with van der Waals surface area (Å²) in [7, 11) is 0. The molecule has 5 rings (SSSR count). The van der Waals surface area contributed by atoms with E-state index in [4.69, 9.17) is 0 Å². The minimum atomic E-state index is 0.198. The Balaban J connectivity index is 1.35. The van der Waals surface area contributed by atoms with Crippen molar-refractivity contribution in [1.29, 1.82) is 0 Å². The van der Waals surface area contributed by atoms with E-state index in [0.29, 0.717) is 12.5 Å². The van der Waals surface area contributed by atoms with Crippen molar-refractivity contribution < 1.29 is 4.79 Å². The molecule has 0 N–H and O–H groups in total. The van der Waals surface area contributed by atoms with Crippen LogP contribution in [0.1, 0.15) is 30.3 Å². The Hall–Kier alpha value is -2.90. The van der Waals surface area contributed by atoms with Gasteiger partial charge >= 0.3 is 0 Å². The Kier molecular flexibility index (Phi) is 3.28. The van der Waals surface area contributed by atoms with Crippen molar-refractivity contribution in [3.05, 3.63) is 35.9 Å². The Bertz CT molecular complexity index is 998. The van der Waals surface area contributed by atoms with E-state index in [1.54, 1.807) is 6.20 Å². The second kappa shape index (κ2) is 5.55. The number of nitrogens with zero attached hydrogens (tertiary/aromatic N) is 7. The number of fused-ring (bicyclic) bond motifs is 1. The number of amides is 1. The van der Waals surface area contributed by atoms with E-state index in [9.17, 15) is 4.79 Å². The molecule has 134 valence electrons. The SMILES string of the molecule is Cc1cc(N2CC(n3cc(N4CCCC4=O)cn3)C2)n2nc(C)cc2n1. The normalized spacial score (nSPS) is 18.2. The third-order valence-corrected chi connectivity index (χ3v) is 5.19. The van der Waals surface area contributed by atoms with Gasteiger partial charge in [0.05, 0.1) is 23.6 Å². The first-order valence-electron chi connectivity index (χ1n) is 9.02.